The van der Waals surface area contributed by atoms with Gasteiger partial charge in [0.25, 0.3) is 0 Å². The molecule has 0 unspecified atom stereocenters. The SMILES string of the molecule is CCN(CCCl)CCNc1c2ccccc2nc2ccc(OC)cc12. The molecule has 1 heterocycles. The Morgan fingerprint density at radius 2 is 1.88 bits per heavy atom. The number of fused-ring (bicyclic) bond motifs is 2. The molecule has 0 fully saturated rings. The van der Waals surface area contributed by atoms with E-state index in [1.165, 1.54) is 0 Å². The predicted octanol–water partition coefficient (Wildman–Crippen LogP) is 4.37. The molecule has 1 N–H and O–H groups in total. The van der Waals surface area contributed by atoms with E-state index in [4.69, 9.17) is 21.3 Å². The fraction of sp³-hybridized carbons (Fsp3) is 0.350. The number of alkyl halides is 1. The zero-order chi connectivity index (χ0) is 17.6. The van der Waals surface area contributed by atoms with Crippen LogP contribution in [0, 0.1) is 0 Å². The summed E-state index contributed by atoms with van der Waals surface area (Å²) in [6.07, 6.45) is 0. The van der Waals surface area contributed by atoms with E-state index in [1.54, 1.807) is 7.11 Å². The van der Waals surface area contributed by atoms with E-state index in [9.17, 15) is 0 Å². The van der Waals surface area contributed by atoms with E-state index < -0.39 is 0 Å². The van der Waals surface area contributed by atoms with Gasteiger partial charge in [-0.3, -0.25) is 0 Å². The van der Waals surface area contributed by atoms with Gasteiger partial charge in [-0.25, -0.2) is 4.98 Å². The number of hydrogen-bond acceptors (Lipinski definition) is 4. The maximum atomic E-state index is 5.88. The van der Waals surface area contributed by atoms with E-state index in [0.29, 0.717) is 5.88 Å². The molecule has 3 rings (SSSR count). The predicted molar refractivity (Wildman–Crippen MR) is 107 cm³/mol. The minimum atomic E-state index is 0.659. The molecule has 0 aliphatic carbocycles. The zero-order valence-electron chi connectivity index (χ0n) is 14.8. The third kappa shape index (κ3) is 3.97. The van der Waals surface area contributed by atoms with Gasteiger partial charge in [0, 0.05) is 36.3 Å². The van der Waals surface area contributed by atoms with Crippen molar-refractivity contribution in [2.45, 2.75) is 6.92 Å². The van der Waals surface area contributed by atoms with Crippen molar-refractivity contribution in [3.63, 3.8) is 0 Å². The van der Waals surface area contributed by atoms with Crippen LogP contribution in [0.5, 0.6) is 5.75 Å². The van der Waals surface area contributed by atoms with Gasteiger partial charge in [-0.15, -0.1) is 11.6 Å². The molecule has 0 amide bonds. The molecule has 0 aliphatic heterocycles. The van der Waals surface area contributed by atoms with Crippen LogP contribution >= 0.6 is 11.6 Å². The fourth-order valence-electron chi connectivity index (χ4n) is 3.07. The Balaban J connectivity index is 1.97. The van der Waals surface area contributed by atoms with Crippen molar-refractivity contribution in [2.75, 3.05) is 44.5 Å². The molecule has 132 valence electrons. The highest BCUT2D eigenvalue weighted by molar-refractivity contribution is 6.18. The van der Waals surface area contributed by atoms with Crippen molar-refractivity contribution in [2.24, 2.45) is 0 Å². The number of rotatable bonds is 8. The lowest BCUT2D eigenvalue weighted by atomic mass is 10.1. The Hall–Kier alpha value is -2.04. The molecule has 0 saturated heterocycles. The molecule has 0 bridgehead atoms. The number of pyridine rings is 1. The van der Waals surface area contributed by atoms with Gasteiger partial charge in [-0.05, 0) is 30.8 Å². The van der Waals surface area contributed by atoms with Crippen LogP contribution in [0.2, 0.25) is 0 Å². The number of likely N-dealkylation sites (N-methyl/N-ethyl adjacent to an activating group) is 1. The number of nitrogens with one attached hydrogen (secondary N) is 1. The smallest absolute Gasteiger partial charge is 0.119 e. The van der Waals surface area contributed by atoms with Gasteiger partial charge in [0.05, 0.1) is 23.8 Å². The minimum absolute atomic E-state index is 0.659. The number of nitrogens with zero attached hydrogens (tertiary/aromatic N) is 2. The summed E-state index contributed by atoms with van der Waals surface area (Å²) in [5.74, 6) is 1.50. The van der Waals surface area contributed by atoms with Crippen LogP contribution in [0.1, 0.15) is 6.92 Å². The average Bonchev–Trinajstić information content (AvgIpc) is 2.66. The van der Waals surface area contributed by atoms with Gasteiger partial charge < -0.3 is 15.0 Å². The summed E-state index contributed by atoms with van der Waals surface area (Å²) in [5.41, 5.74) is 3.08. The lowest BCUT2D eigenvalue weighted by Crippen LogP contribution is -2.30. The Morgan fingerprint density at radius 3 is 2.64 bits per heavy atom. The molecular formula is C20H24ClN3O. The lowest BCUT2D eigenvalue weighted by Gasteiger charge is -2.20. The van der Waals surface area contributed by atoms with Crippen LogP contribution in [0.15, 0.2) is 42.5 Å². The van der Waals surface area contributed by atoms with Crippen LogP contribution in [0.3, 0.4) is 0 Å². The molecule has 0 saturated carbocycles. The summed E-state index contributed by atoms with van der Waals surface area (Å²) < 4.78 is 5.40. The summed E-state index contributed by atoms with van der Waals surface area (Å²) in [5, 5.41) is 5.84. The van der Waals surface area contributed by atoms with Gasteiger partial charge in [-0.2, -0.15) is 0 Å². The number of aromatic nitrogens is 1. The topological polar surface area (TPSA) is 37.4 Å². The molecule has 3 aromatic rings. The van der Waals surface area contributed by atoms with E-state index in [-0.39, 0.29) is 0 Å². The lowest BCUT2D eigenvalue weighted by molar-refractivity contribution is 0.318. The number of benzene rings is 2. The van der Waals surface area contributed by atoms with E-state index in [0.717, 1.165) is 59.4 Å². The Labute approximate surface area is 153 Å². The molecule has 0 radical (unpaired) electrons. The first-order valence-electron chi connectivity index (χ1n) is 8.65. The van der Waals surface area contributed by atoms with E-state index in [2.05, 4.69) is 29.3 Å². The molecule has 0 spiro atoms. The van der Waals surface area contributed by atoms with Crippen LogP contribution in [-0.2, 0) is 0 Å². The van der Waals surface area contributed by atoms with Gasteiger partial charge >= 0.3 is 0 Å². The summed E-state index contributed by atoms with van der Waals surface area (Å²) in [4.78, 5) is 7.12. The van der Waals surface area contributed by atoms with Gasteiger partial charge in [-0.1, -0.05) is 25.1 Å². The van der Waals surface area contributed by atoms with Gasteiger partial charge in [0.1, 0.15) is 5.75 Å². The van der Waals surface area contributed by atoms with Crippen molar-refractivity contribution in [1.82, 2.24) is 9.88 Å². The summed E-state index contributed by atoms with van der Waals surface area (Å²) in [6.45, 7) is 5.87. The monoisotopic (exact) mass is 357 g/mol. The summed E-state index contributed by atoms with van der Waals surface area (Å²) in [7, 11) is 1.69. The number of anilines is 1. The highest BCUT2D eigenvalue weighted by atomic mass is 35.5. The quantitative estimate of drug-likeness (QED) is 0.480. The van der Waals surface area contributed by atoms with Crippen molar-refractivity contribution in [3.8, 4) is 5.75 Å². The summed E-state index contributed by atoms with van der Waals surface area (Å²) in [6, 6.07) is 14.2. The maximum Gasteiger partial charge on any atom is 0.119 e. The highest BCUT2D eigenvalue weighted by Gasteiger charge is 2.10. The first-order chi connectivity index (χ1) is 12.3. The highest BCUT2D eigenvalue weighted by Crippen LogP contribution is 2.32. The zero-order valence-corrected chi connectivity index (χ0v) is 15.5. The first kappa shape index (κ1) is 17.8. The fourth-order valence-corrected chi connectivity index (χ4v) is 3.31. The Bertz CT molecular complexity index is 853. The third-order valence-electron chi connectivity index (χ3n) is 4.47. The third-order valence-corrected chi connectivity index (χ3v) is 4.63. The first-order valence-corrected chi connectivity index (χ1v) is 9.19. The molecule has 5 heteroatoms. The second-order valence-corrected chi connectivity index (χ2v) is 6.32. The van der Waals surface area contributed by atoms with Crippen molar-refractivity contribution in [1.29, 1.82) is 0 Å². The van der Waals surface area contributed by atoms with Gasteiger partial charge in [0.2, 0.25) is 0 Å². The summed E-state index contributed by atoms with van der Waals surface area (Å²) >= 11 is 5.88. The van der Waals surface area contributed by atoms with E-state index in [1.807, 2.05) is 30.3 Å². The molecule has 0 atom stereocenters. The normalized spacial score (nSPS) is 11.4. The number of ether oxygens (including phenoxy) is 1. The maximum absolute atomic E-state index is 5.88. The number of hydrogen-bond donors (Lipinski definition) is 1. The molecule has 1 aromatic heterocycles. The minimum Gasteiger partial charge on any atom is -0.497 e. The van der Waals surface area contributed by atoms with Gasteiger partial charge in [0.15, 0.2) is 0 Å². The van der Waals surface area contributed by atoms with Crippen molar-refractivity contribution >= 4 is 39.1 Å². The van der Waals surface area contributed by atoms with Crippen molar-refractivity contribution in [3.05, 3.63) is 42.5 Å². The molecule has 2 aromatic carbocycles. The standard InChI is InChI=1S/C20H24ClN3O/c1-3-24(12-10-21)13-11-22-20-16-6-4-5-7-18(16)23-19-9-8-15(25-2)14-17(19)20/h4-9,14H,3,10-13H2,1-2H3,(H,22,23). The molecular weight excluding hydrogens is 334 g/mol. The largest absolute Gasteiger partial charge is 0.497 e. The molecule has 25 heavy (non-hydrogen) atoms. The van der Waals surface area contributed by atoms with E-state index >= 15 is 0 Å². The number of methoxy groups -OCH3 is 1. The second-order valence-electron chi connectivity index (χ2n) is 5.94. The molecule has 4 nitrogen and oxygen atoms in total. The second kappa shape index (κ2) is 8.37. The number of para-hydroxylation sites is 1. The van der Waals surface area contributed by atoms with Crippen LogP contribution in [0.25, 0.3) is 21.8 Å². The van der Waals surface area contributed by atoms with Crippen LogP contribution in [-0.4, -0.2) is 49.1 Å². The van der Waals surface area contributed by atoms with Crippen LogP contribution in [0.4, 0.5) is 5.69 Å². The average molecular weight is 358 g/mol. The number of halogens is 1. The molecule has 0 aliphatic rings. The van der Waals surface area contributed by atoms with Crippen LogP contribution < -0.4 is 10.1 Å². The Morgan fingerprint density at radius 1 is 1.08 bits per heavy atom. The van der Waals surface area contributed by atoms with Crippen molar-refractivity contribution < 1.29 is 4.74 Å². The Kier molecular flexibility index (Phi) is 5.95.